The van der Waals surface area contributed by atoms with E-state index in [0.29, 0.717) is 5.92 Å². The minimum Gasteiger partial charge on any atom is -0.507 e. The van der Waals surface area contributed by atoms with E-state index in [-0.39, 0.29) is 11.3 Å². The fourth-order valence-electron chi connectivity index (χ4n) is 2.83. The summed E-state index contributed by atoms with van der Waals surface area (Å²) in [5.74, 6) is -0.0770. The van der Waals surface area contributed by atoms with Crippen molar-refractivity contribution in [1.82, 2.24) is 5.43 Å². The zero-order chi connectivity index (χ0) is 18.5. The molecule has 1 amide bonds. The molecule has 0 spiro atoms. The van der Waals surface area contributed by atoms with Crippen molar-refractivity contribution in [3.05, 3.63) is 77.9 Å². The van der Waals surface area contributed by atoms with Crippen LogP contribution in [0.3, 0.4) is 0 Å². The van der Waals surface area contributed by atoms with Crippen LogP contribution in [0.5, 0.6) is 5.75 Å². The van der Waals surface area contributed by atoms with E-state index in [1.807, 2.05) is 54.6 Å². The molecular formula is C22H22N2O2. The van der Waals surface area contributed by atoms with Gasteiger partial charge in [-0.05, 0) is 40.8 Å². The van der Waals surface area contributed by atoms with Crippen molar-refractivity contribution in [3.63, 3.8) is 0 Å². The number of nitrogens with zero attached hydrogens (tertiary/aromatic N) is 1. The van der Waals surface area contributed by atoms with Crippen LogP contribution in [0.1, 0.15) is 36.2 Å². The molecule has 0 atom stereocenters. The average Bonchev–Trinajstić information content (AvgIpc) is 2.64. The highest BCUT2D eigenvalue weighted by Gasteiger charge is 2.13. The highest BCUT2D eigenvalue weighted by atomic mass is 16.3. The molecule has 3 aromatic carbocycles. The zero-order valence-corrected chi connectivity index (χ0v) is 14.9. The van der Waals surface area contributed by atoms with Gasteiger partial charge in [0.1, 0.15) is 5.75 Å². The largest absolute Gasteiger partial charge is 0.507 e. The molecule has 0 unspecified atom stereocenters. The maximum absolute atomic E-state index is 12.6. The third-order valence-corrected chi connectivity index (χ3v) is 4.11. The number of carbonyl (C=O) groups is 1. The summed E-state index contributed by atoms with van der Waals surface area (Å²) in [5.41, 5.74) is 4.60. The number of aromatic hydroxyl groups is 1. The third-order valence-electron chi connectivity index (χ3n) is 4.11. The lowest BCUT2D eigenvalue weighted by molar-refractivity contribution is 0.0952. The number of carbonyl (C=O) groups excluding carboxylic acids is 1. The van der Waals surface area contributed by atoms with Crippen LogP contribution >= 0.6 is 0 Å². The van der Waals surface area contributed by atoms with Crippen molar-refractivity contribution in [1.29, 1.82) is 0 Å². The van der Waals surface area contributed by atoms with Crippen molar-refractivity contribution in [3.8, 4) is 5.75 Å². The summed E-state index contributed by atoms with van der Waals surface area (Å²) in [6, 6.07) is 20.7. The van der Waals surface area contributed by atoms with Crippen LogP contribution in [0, 0.1) is 5.92 Å². The number of fused-ring (bicyclic) bond motifs is 1. The Balaban J connectivity index is 1.88. The van der Waals surface area contributed by atoms with E-state index < -0.39 is 5.91 Å². The number of nitrogens with one attached hydrogen (secondary N) is 1. The molecule has 0 heterocycles. The lowest BCUT2D eigenvalue weighted by Crippen LogP contribution is -2.21. The molecule has 0 aliphatic rings. The van der Waals surface area contributed by atoms with Crippen molar-refractivity contribution in [2.45, 2.75) is 20.3 Å². The van der Waals surface area contributed by atoms with Gasteiger partial charge in [0, 0.05) is 0 Å². The second-order valence-corrected chi connectivity index (χ2v) is 6.68. The van der Waals surface area contributed by atoms with E-state index in [0.717, 1.165) is 28.5 Å². The molecule has 0 aromatic heterocycles. The minimum atomic E-state index is -0.426. The summed E-state index contributed by atoms with van der Waals surface area (Å²) in [4.78, 5) is 12.6. The number of hydrogen-bond donors (Lipinski definition) is 2. The molecule has 2 N–H and O–H groups in total. The first-order valence-electron chi connectivity index (χ1n) is 8.68. The predicted octanol–water partition coefficient (Wildman–Crippen LogP) is 4.73. The molecule has 3 aromatic rings. The molecule has 0 radical (unpaired) electrons. The van der Waals surface area contributed by atoms with E-state index in [1.54, 1.807) is 12.1 Å². The van der Waals surface area contributed by atoms with Gasteiger partial charge in [0.25, 0.3) is 5.91 Å². The second kappa shape index (κ2) is 7.83. The molecule has 132 valence electrons. The molecule has 3 rings (SSSR count). The Hall–Kier alpha value is -3.14. The van der Waals surface area contributed by atoms with Crippen LogP contribution < -0.4 is 5.43 Å². The lowest BCUT2D eigenvalue weighted by atomic mass is 10.0. The minimum absolute atomic E-state index is 0.0541. The Kier molecular flexibility index (Phi) is 5.32. The van der Waals surface area contributed by atoms with E-state index in [9.17, 15) is 9.90 Å². The van der Waals surface area contributed by atoms with Crippen LogP contribution in [0.2, 0.25) is 0 Å². The number of rotatable bonds is 5. The topological polar surface area (TPSA) is 61.7 Å². The Morgan fingerprint density at radius 2 is 1.62 bits per heavy atom. The predicted molar refractivity (Wildman–Crippen MR) is 106 cm³/mol. The fraction of sp³-hybridized carbons (Fsp3) is 0.182. The summed E-state index contributed by atoms with van der Waals surface area (Å²) in [7, 11) is 0. The van der Waals surface area contributed by atoms with Crippen molar-refractivity contribution in [2.24, 2.45) is 11.0 Å². The number of hydrazone groups is 1. The molecule has 4 nitrogen and oxygen atoms in total. The van der Waals surface area contributed by atoms with Crippen molar-refractivity contribution in [2.75, 3.05) is 0 Å². The van der Waals surface area contributed by atoms with Crippen LogP contribution in [-0.4, -0.2) is 16.7 Å². The number of hydrogen-bond acceptors (Lipinski definition) is 3. The van der Waals surface area contributed by atoms with E-state index in [1.165, 1.54) is 0 Å². The Bertz CT molecular complexity index is 947. The fourth-order valence-corrected chi connectivity index (χ4v) is 2.83. The summed E-state index contributed by atoms with van der Waals surface area (Å²) in [5, 5.41) is 16.3. The molecule has 26 heavy (non-hydrogen) atoms. The Morgan fingerprint density at radius 1 is 1.00 bits per heavy atom. The quantitative estimate of drug-likeness (QED) is 0.518. The van der Waals surface area contributed by atoms with Crippen LogP contribution in [0.25, 0.3) is 10.8 Å². The van der Waals surface area contributed by atoms with Gasteiger partial charge in [0.15, 0.2) is 0 Å². The van der Waals surface area contributed by atoms with Gasteiger partial charge in [0.2, 0.25) is 0 Å². The van der Waals surface area contributed by atoms with Crippen molar-refractivity contribution >= 4 is 22.4 Å². The first kappa shape index (κ1) is 17.7. The van der Waals surface area contributed by atoms with E-state index in [2.05, 4.69) is 24.4 Å². The summed E-state index contributed by atoms with van der Waals surface area (Å²) < 4.78 is 0. The average molecular weight is 346 g/mol. The Labute approximate surface area is 153 Å². The Morgan fingerprint density at radius 3 is 2.27 bits per heavy atom. The highest BCUT2D eigenvalue weighted by Crippen LogP contribution is 2.25. The van der Waals surface area contributed by atoms with Gasteiger partial charge in [0.05, 0.1) is 11.3 Å². The first-order valence-corrected chi connectivity index (χ1v) is 8.68. The number of phenolic OH excluding ortho intramolecular Hbond substituents is 1. The van der Waals surface area contributed by atoms with Gasteiger partial charge in [-0.2, -0.15) is 5.10 Å². The molecule has 0 fully saturated rings. The SMILES string of the molecule is CC(C)C/C(=N\NC(=O)c1cc2ccccc2cc1O)c1ccccc1. The zero-order valence-electron chi connectivity index (χ0n) is 14.9. The maximum Gasteiger partial charge on any atom is 0.275 e. The molecule has 0 aliphatic carbocycles. The maximum atomic E-state index is 12.6. The smallest absolute Gasteiger partial charge is 0.275 e. The summed E-state index contributed by atoms with van der Waals surface area (Å²) >= 11 is 0. The molecule has 0 bridgehead atoms. The monoisotopic (exact) mass is 346 g/mol. The van der Waals surface area contributed by atoms with Gasteiger partial charge < -0.3 is 5.11 Å². The molecule has 4 heteroatoms. The highest BCUT2D eigenvalue weighted by molar-refractivity contribution is 6.04. The molecule has 0 saturated carbocycles. The second-order valence-electron chi connectivity index (χ2n) is 6.68. The molecule has 0 aliphatic heterocycles. The summed E-state index contributed by atoms with van der Waals surface area (Å²) in [6.45, 7) is 4.21. The number of phenols is 1. The van der Waals surface area contributed by atoms with Gasteiger partial charge >= 0.3 is 0 Å². The van der Waals surface area contributed by atoms with Gasteiger partial charge in [-0.15, -0.1) is 0 Å². The standard InChI is InChI=1S/C22H22N2O2/c1-15(2)12-20(16-8-4-3-5-9-16)23-24-22(26)19-13-17-10-6-7-11-18(17)14-21(19)25/h3-11,13-15,25H,12H2,1-2H3,(H,24,26)/b23-20+. The van der Waals surface area contributed by atoms with E-state index in [4.69, 9.17) is 0 Å². The lowest BCUT2D eigenvalue weighted by Gasteiger charge is -2.11. The molecule has 0 saturated heterocycles. The molecular weight excluding hydrogens is 324 g/mol. The number of benzene rings is 3. The normalized spacial score (nSPS) is 11.7. The number of amides is 1. The van der Waals surface area contributed by atoms with Gasteiger partial charge in [-0.25, -0.2) is 5.43 Å². The third kappa shape index (κ3) is 4.09. The van der Waals surface area contributed by atoms with Crippen LogP contribution in [-0.2, 0) is 0 Å². The van der Waals surface area contributed by atoms with Crippen molar-refractivity contribution < 1.29 is 9.90 Å². The van der Waals surface area contributed by atoms with Crippen LogP contribution in [0.4, 0.5) is 0 Å². The first-order chi connectivity index (χ1) is 12.5. The van der Waals surface area contributed by atoms with E-state index >= 15 is 0 Å². The van der Waals surface area contributed by atoms with Crippen LogP contribution in [0.15, 0.2) is 71.8 Å². The van der Waals surface area contributed by atoms with Gasteiger partial charge in [-0.3, -0.25) is 4.79 Å². The van der Waals surface area contributed by atoms with Gasteiger partial charge in [-0.1, -0.05) is 68.4 Å². The summed E-state index contributed by atoms with van der Waals surface area (Å²) in [6.07, 6.45) is 0.744.